The molecule has 0 bridgehead atoms. The van der Waals surface area contributed by atoms with E-state index in [1.165, 1.54) is 11.1 Å². The van der Waals surface area contributed by atoms with E-state index in [1.54, 1.807) is 0 Å². The minimum atomic E-state index is 0.348. The van der Waals surface area contributed by atoms with E-state index in [0.29, 0.717) is 10.7 Å². The second-order valence-electron chi connectivity index (χ2n) is 3.78. The predicted octanol–water partition coefficient (Wildman–Crippen LogP) is 2.71. The third-order valence-corrected chi connectivity index (χ3v) is 3.14. The van der Waals surface area contributed by atoms with Crippen LogP contribution in [0.5, 0.6) is 0 Å². The Morgan fingerprint density at radius 2 is 1.87 bits per heavy atom. The van der Waals surface area contributed by atoms with Crippen LogP contribution < -0.4 is 0 Å². The summed E-state index contributed by atoms with van der Waals surface area (Å²) < 4.78 is 5.71. The van der Waals surface area contributed by atoms with Crippen molar-refractivity contribution >= 4 is 15.9 Å². The highest BCUT2D eigenvalue weighted by Gasteiger charge is 2.26. The summed E-state index contributed by atoms with van der Waals surface area (Å²) in [5.74, 6) is 1.08. The molecule has 15 heavy (non-hydrogen) atoms. The van der Waals surface area contributed by atoms with Crippen LogP contribution in [0.3, 0.4) is 0 Å². The van der Waals surface area contributed by atoms with Gasteiger partial charge in [0.2, 0.25) is 10.6 Å². The van der Waals surface area contributed by atoms with E-state index in [2.05, 4.69) is 50.3 Å². The summed E-state index contributed by atoms with van der Waals surface area (Å²) in [5.41, 5.74) is 2.80. The van der Waals surface area contributed by atoms with Crippen molar-refractivity contribution in [2.45, 2.75) is 18.8 Å². The lowest BCUT2D eigenvalue weighted by Crippen LogP contribution is -1.97. The number of hydrogen-bond acceptors (Lipinski definition) is 3. The standard InChI is InChI=1S/C11H9BrN2O/c12-11-13-10(15-14-11)9-5-7-3-1-2-4-8(7)6-9/h1-4,9H,5-6H2. The molecule has 0 atom stereocenters. The number of rotatable bonds is 1. The zero-order valence-electron chi connectivity index (χ0n) is 7.98. The van der Waals surface area contributed by atoms with Gasteiger partial charge in [-0.2, -0.15) is 4.98 Å². The lowest BCUT2D eigenvalue weighted by atomic mass is 10.1. The Balaban J connectivity index is 1.90. The van der Waals surface area contributed by atoms with Gasteiger partial charge in [-0.15, -0.1) is 0 Å². The molecule has 0 spiro atoms. The average Bonchev–Trinajstić information content (AvgIpc) is 2.82. The molecular weight excluding hydrogens is 256 g/mol. The van der Waals surface area contributed by atoms with Gasteiger partial charge in [-0.1, -0.05) is 24.3 Å². The van der Waals surface area contributed by atoms with E-state index in [1.807, 2.05) is 0 Å². The van der Waals surface area contributed by atoms with Crippen molar-refractivity contribution in [3.8, 4) is 0 Å². The highest BCUT2D eigenvalue weighted by Crippen LogP contribution is 2.33. The van der Waals surface area contributed by atoms with Gasteiger partial charge in [0.05, 0.1) is 0 Å². The van der Waals surface area contributed by atoms with Gasteiger partial charge < -0.3 is 4.52 Å². The maximum atomic E-state index is 5.17. The van der Waals surface area contributed by atoms with Crippen LogP contribution in [-0.2, 0) is 12.8 Å². The van der Waals surface area contributed by atoms with Crippen LogP contribution >= 0.6 is 15.9 Å². The monoisotopic (exact) mass is 264 g/mol. The molecule has 0 fully saturated rings. The first-order chi connectivity index (χ1) is 7.33. The number of hydrogen-bond donors (Lipinski definition) is 0. The zero-order valence-corrected chi connectivity index (χ0v) is 9.57. The molecule has 76 valence electrons. The minimum Gasteiger partial charge on any atom is -0.338 e. The van der Waals surface area contributed by atoms with E-state index in [0.717, 1.165) is 18.7 Å². The van der Waals surface area contributed by atoms with Gasteiger partial charge in [0.25, 0.3) is 0 Å². The SMILES string of the molecule is Brc1noc(C2Cc3ccccc3C2)n1. The smallest absolute Gasteiger partial charge is 0.238 e. The lowest BCUT2D eigenvalue weighted by Gasteiger charge is -1.99. The molecule has 0 amide bonds. The predicted molar refractivity (Wildman–Crippen MR) is 58.6 cm³/mol. The molecule has 0 unspecified atom stereocenters. The molecule has 1 aromatic carbocycles. The number of aromatic nitrogens is 2. The molecule has 3 nitrogen and oxygen atoms in total. The van der Waals surface area contributed by atoms with Crippen LogP contribution in [0.25, 0.3) is 0 Å². The number of fused-ring (bicyclic) bond motifs is 1. The van der Waals surface area contributed by atoms with Crippen molar-refractivity contribution in [1.29, 1.82) is 0 Å². The molecule has 1 aromatic heterocycles. The first-order valence-electron chi connectivity index (χ1n) is 4.89. The van der Waals surface area contributed by atoms with E-state index < -0.39 is 0 Å². The van der Waals surface area contributed by atoms with Gasteiger partial charge >= 0.3 is 0 Å². The average molecular weight is 265 g/mol. The van der Waals surface area contributed by atoms with Crippen LogP contribution in [0.2, 0.25) is 0 Å². The Labute approximate surface area is 95.6 Å². The quantitative estimate of drug-likeness (QED) is 0.795. The van der Waals surface area contributed by atoms with Gasteiger partial charge in [0.15, 0.2) is 0 Å². The molecule has 4 heteroatoms. The Bertz CT molecular complexity index is 470. The minimum absolute atomic E-state index is 0.348. The molecule has 0 saturated heterocycles. The molecular formula is C11H9BrN2O. The molecule has 1 aliphatic rings. The van der Waals surface area contributed by atoms with E-state index in [9.17, 15) is 0 Å². The van der Waals surface area contributed by atoms with Gasteiger partial charge in [-0.25, -0.2) is 0 Å². The Morgan fingerprint density at radius 1 is 1.20 bits per heavy atom. The summed E-state index contributed by atoms with van der Waals surface area (Å²) in [4.78, 5) is 4.21. The first-order valence-corrected chi connectivity index (χ1v) is 5.68. The topological polar surface area (TPSA) is 38.9 Å². The summed E-state index contributed by atoms with van der Waals surface area (Å²) in [5, 5.41) is 3.75. The highest BCUT2D eigenvalue weighted by atomic mass is 79.9. The molecule has 0 aliphatic heterocycles. The number of nitrogens with zero attached hydrogens (tertiary/aromatic N) is 2. The van der Waals surface area contributed by atoms with Crippen LogP contribution in [0.15, 0.2) is 33.5 Å². The molecule has 0 radical (unpaired) electrons. The van der Waals surface area contributed by atoms with E-state index in [-0.39, 0.29) is 0 Å². The Morgan fingerprint density at radius 3 is 2.40 bits per heavy atom. The van der Waals surface area contributed by atoms with Crippen LogP contribution in [0, 0.1) is 0 Å². The van der Waals surface area contributed by atoms with Crippen LogP contribution in [-0.4, -0.2) is 10.1 Å². The first kappa shape index (κ1) is 9.09. The highest BCUT2D eigenvalue weighted by molar-refractivity contribution is 9.10. The fourth-order valence-corrected chi connectivity index (χ4v) is 2.36. The fraction of sp³-hybridized carbons (Fsp3) is 0.273. The van der Waals surface area contributed by atoms with E-state index >= 15 is 0 Å². The largest absolute Gasteiger partial charge is 0.338 e. The maximum Gasteiger partial charge on any atom is 0.238 e. The molecule has 0 N–H and O–H groups in total. The van der Waals surface area contributed by atoms with Gasteiger partial charge in [0.1, 0.15) is 0 Å². The number of halogens is 1. The summed E-state index contributed by atoms with van der Waals surface area (Å²) in [6.07, 6.45) is 2.01. The van der Waals surface area contributed by atoms with Crippen molar-refractivity contribution in [2.24, 2.45) is 0 Å². The second kappa shape index (κ2) is 3.45. The normalized spacial score (nSPS) is 15.5. The van der Waals surface area contributed by atoms with Gasteiger partial charge in [-0.3, -0.25) is 0 Å². The second-order valence-corrected chi connectivity index (χ2v) is 4.48. The molecule has 1 heterocycles. The molecule has 0 saturated carbocycles. The van der Waals surface area contributed by atoms with Crippen LogP contribution in [0.4, 0.5) is 0 Å². The van der Waals surface area contributed by atoms with Crippen molar-refractivity contribution in [2.75, 3.05) is 0 Å². The summed E-state index contributed by atoms with van der Waals surface area (Å²) in [6.45, 7) is 0. The third-order valence-electron chi connectivity index (χ3n) is 2.82. The van der Waals surface area contributed by atoms with Crippen molar-refractivity contribution in [3.05, 3.63) is 46.0 Å². The maximum absolute atomic E-state index is 5.17. The molecule has 3 rings (SSSR count). The third kappa shape index (κ3) is 1.59. The lowest BCUT2D eigenvalue weighted by molar-refractivity contribution is 0.353. The number of benzene rings is 1. The summed E-state index contributed by atoms with van der Waals surface area (Å²) in [6, 6.07) is 8.48. The summed E-state index contributed by atoms with van der Waals surface area (Å²) >= 11 is 3.20. The summed E-state index contributed by atoms with van der Waals surface area (Å²) in [7, 11) is 0. The van der Waals surface area contributed by atoms with Crippen LogP contribution in [0.1, 0.15) is 22.9 Å². The van der Waals surface area contributed by atoms with E-state index in [4.69, 9.17) is 4.52 Å². The van der Waals surface area contributed by atoms with Crippen molar-refractivity contribution in [3.63, 3.8) is 0 Å². The zero-order chi connectivity index (χ0) is 10.3. The Kier molecular flexibility index (Phi) is 2.09. The van der Waals surface area contributed by atoms with Crippen molar-refractivity contribution in [1.82, 2.24) is 10.1 Å². The fourth-order valence-electron chi connectivity index (χ4n) is 2.12. The Hall–Kier alpha value is -1.16. The molecule has 2 aromatic rings. The van der Waals surface area contributed by atoms with Crippen molar-refractivity contribution < 1.29 is 4.52 Å². The molecule has 1 aliphatic carbocycles. The van der Waals surface area contributed by atoms with Gasteiger partial charge in [0, 0.05) is 5.92 Å². The van der Waals surface area contributed by atoms with Gasteiger partial charge in [-0.05, 0) is 45.1 Å².